The van der Waals surface area contributed by atoms with Crippen molar-refractivity contribution >= 4 is 21.8 Å². The zero-order valence-corrected chi connectivity index (χ0v) is 10.9. The van der Waals surface area contributed by atoms with Crippen LogP contribution in [0.5, 0.6) is 0 Å². The zero-order chi connectivity index (χ0) is 13.1. The first-order valence-electron chi connectivity index (χ1n) is 5.19. The Morgan fingerprint density at radius 2 is 2.22 bits per heavy atom. The van der Waals surface area contributed by atoms with E-state index in [1.165, 1.54) is 12.1 Å². The molecule has 3 N–H and O–H groups in total. The molecular weight excluding hydrogens is 301 g/mol. The van der Waals surface area contributed by atoms with Crippen molar-refractivity contribution in [1.29, 1.82) is 0 Å². The van der Waals surface area contributed by atoms with E-state index < -0.39 is 0 Å². The molecule has 0 amide bonds. The second kappa shape index (κ2) is 5.22. The molecule has 1 heterocycles. The molecular formula is C12H11BrFN3O. The number of benzene rings is 1. The van der Waals surface area contributed by atoms with Gasteiger partial charge in [0.15, 0.2) is 5.84 Å². The summed E-state index contributed by atoms with van der Waals surface area (Å²) < 4.78 is 15.5. The van der Waals surface area contributed by atoms with Gasteiger partial charge >= 0.3 is 0 Å². The third-order valence-electron chi connectivity index (χ3n) is 2.56. The van der Waals surface area contributed by atoms with Gasteiger partial charge in [0, 0.05) is 17.2 Å². The zero-order valence-electron chi connectivity index (χ0n) is 9.35. The number of rotatable bonds is 3. The van der Waals surface area contributed by atoms with Crippen LogP contribution in [0.4, 0.5) is 4.39 Å². The van der Waals surface area contributed by atoms with Gasteiger partial charge in [0.25, 0.3) is 0 Å². The molecule has 18 heavy (non-hydrogen) atoms. The lowest BCUT2D eigenvalue weighted by Gasteiger charge is -2.09. The first-order chi connectivity index (χ1) is 8.61. The first kappa shape index (κ1) is 12.6. The largest absolute Gasteiger partial charge is 0.409 e. The Balaban J connectivity index is 2.32. The fourth-order valence-corrected chi connectivity index (χ4v) is 2.15. The smallest absolute Gasteiger partial charge is 0.186 e. The highest BCUT2D eigenvalue weighted by Crippen LogP contribution is 2.19. The van der Waals surface area contributed by atoms with Crippen LogP contribution in [-0.2, 0) is 6.54 Å². The molecule has 6 heteroatoms. The van der Waals surface area contributed by atoms with Crippen LogP contribution in [0.25, 0.3) is 0 Å². The van der Waals surface area contributed by atoms with Crippen molar-refractivity contribution in [2.24, 2.45) is 10.9 Å². The van der Waals surface area contributed by atoms with E-state index in [4.69, 9.17) is 10.9 Å². The highest BCUT2D eigenvalue weighted by atomic mass is 79.9. The van der Waals surface area contributed by atoms with Crippen LogP contribution in [0.1, 0.15) is 11.3 Å². The monoisotopic (exact) mass is 311 g/mol. The summed E-state index contributed by atoms with van der Waals surface area (Å²) >= 11 is 3.31. The third kappa shape index (κ3) is 2.53. The Bertz CT molecular complexity index is 595. The molecule has 0 aliphatic carbocycles. The summed E-state index contributed by atoms with van der Waals surface area (Å²) in [5.41, 5.74) is 7.07. The van der Waals surface area contributed by atoms with Gasteiger partial charge in [-0.1, -0.05) is 27.2 Å². The predicted molar refractivity (Wildman–Crippen MR) is 70.1 cm³/mol. The standard InChI is InChI=1S/C12H11BrFN3O/c13-10-6-9(14)4-3-8(10)7-17-5-1-2-11(17)12(15)16-18/h1-6,18H,7H2,(H2,15,16). The summed E-state index contributed by atoms with van der Waals surface area (Å²) in [6.45, 7) is 0.499. The molecule has 0 saturated carbocycles. The van der Waals surface area contributed by atoms with Crippen LogP contribution in [0.3, 0.4) is 0 Å². The van der Waals surface area contributed by atoms with Crippen molar-refractivity contribution in [3.8, 4) is 0 Å². The Hall–Kier alpha value is -1.82. The van der Waals surface area contributed by atoms with Crippen LogP contribution in [0, 0.1) is 5.82 Å². The molecule has 0 aliphatic rings. The lowest BCUT2D eigenvalue weighted by Crippen LogP contribution is -2.18. The number of hydrogen-bond acceptors (Lipinski definition) is 2. The number of halogens is 2. The van der Waals surface area contributed by atoms with Gasteiger partial charge in [-0.2, -0.15) is 0 Å². The van der Waals surface area contributed by atoms with Crippen molar-refractivity contribution in [3.05, 3.63) is 58.1 Å². The summed E-state index contributed by atoms with van der Waals surface area (Å²) in [6, 6.07) is 8.03. The fraction of sp³-hybridized carbons (Fsp3) is 0.0833. The number of amidine groups is 1. The van der Waals surface area contributed by atoms with Gasteiger partial charge in [-0.3, -0.25) is 0 Å². The van der Waals surface area contributed by atoms with E-state index in [1.807, 2.05) is 10.8 Å². The minimum atomic E-state index is -0.296. The highest BCUT2D eigenvalue weighted by molar-refractivity contribution is 9.10. The molecule has 0 radical (unpaired) electrons. The predicted octanol–water partition coefficient (Wildman–Crippen LogP) is 2.53. The molecule has 0 aliphatic heterocycles. The molecule has 0 fully saturated rings. The van der Waals surface area contributed by atoms with E-state index in [1.54, 1.807) is 18.2 Å². The van der Waals surface area contributed by atoms with Crippen molar-refractivity contribution in [2.75, 3.05) is 0 Å². The molecule has 0 unspecified atom stereocenters. The van der Waals surface area contributed by atoms with E-state index >= 15 is 0 Å². The number of nitrogens with two attached hydrogens (primary N) is 1. The van der Waals surface area contributed by atoms with Crippen LogP contribution < -0.4 is 5.73 Å². The lowest BCUT2D eigenvalue weighted by atomic mass is 10.2. The molecule has 2 rings (SSSR count). The van der Waals surface area contributed by atoms with Crippen LogP contribution >= 0.6 is 15.9 Å². The topological polar surface area (TPSA) is 63.5 Å². The van der Waals surface area contributed by atoms with Gasteiger partial charge in [0.05, 0.1) is 5.69 Å². The molecule has 0 spiro atoms. The maximum atomic E-state index is 13.0. The van der Waals surface area contributed by atoms with Gasteiger partial charge in [-0.25, -0.2) is 4.39 Å². The maximum absolute atomic E-state index is 13.0. The summed E-state index contributed by atoms with van der Waals surface area (Å²) in [4.78, 5) is 0. The molecule has 0 saturated heterocycles. The average Bonchev–Trinajstić information content (AvgIpc) is 2.80. The molecule has 2 aromatic rings. The summed E-state index contributed by atoms with van der Waals surface area (Å²) in [5.74, 6) is -0.256. The van der Waals surface area contributed by atoms with E-state index in [9.17, 15) is 4.39 Å². The SMILES string of the molecule is N/C(=N/O)c1cccn1Cc1ccc(F)cc1Br. The molecule has 1 aromatic carbocycles. The minimum Gasteiger partial charge on any atom is -0.409 e. The lowest BCUT2D eigenvalue weighted by molar-refractivity contribution is 0.318. The number of oxime groups is 1. The van der Waals surface area contributed by atoms with Crippen LogP contribution in [0.2, 0.25) is 0 Å². The number of nitrogens with zero attached hydrogens (tertiary/aromatic N) is 2. The van der Waals surface area contributed by atoms with Gasteiger partial charge in [-0.05, 0) is 29.8 Å². The Kier molecular flexibility index (Phi) is 3.66. The molecule has 94 valence electrons. The average molecular weight is 312 g/mol. The van der Waals surface area contributed by atoms with Crippen LogP contribution in [0.15, 0.2) is 46.2 Å². The minimum absolute atomic E-state index is 0.0400. The Morgan fingerprint density at radius 1 is 1.44 bits per heavy atom. The quantitative estimate of drug-likeness (QED) is 0.396. The Morgan fingerprint density at radius 3 is 2.89 bits per heavy atom. The fourth-order valence-electron chi connectivity index (χ4n) is 1.67. The van der Waals surface area contributed by atoms with E-state index in [0.29, 0.717) is 16.7 Å². The van der Waals surface area contributed by atoms with Gasteiger partial charge in [-0.15, -0.1) is 0 Å². The number of aromatic nitrogens is 1. The maximum Gasteiger partial charge on any atom is 0.186 e. The van der Waals surface area contributed by atoms with Crippen LogP contribution in [-0.4, -0.2) is 15.6 Å². The Labute approximate surface area is 112 Å². The van der Waals surface area contributed by atoms with Gasteiger partial charge < -0.3 is 15.5 Å². The van der Waals surface area contributed by atoms with Gasteiger partial charge in [0.2, 0.25) is 0 Å². The summed E-state index contributed by atoms with van der Waals surface area (Å²) in [6.07, 6.45) is 1.81. The van der Waals surface area contributed by atoms with Crippen molar-refractivity contribution < 1.29 is 9.60 Å². The summed E-state index contributed by atoms with van der Waals surface area (Å²) in [7, 11) is 0. The van der Waals surface area contributed by atoms with Crippen molar-refractivity contribution in [3.63, 3.8) is 0 Å². The second-order valence-electron chi connectivity index (χ2n) is 3.74. The van der Waals surface area contributed by atoms with Crippen molar-refractivity contribution in [1.82, 2.24) is 4.57 Å². The number of hydrogen-bond donors (Lipinski definition) is 2. The molecule has 4 nitrogen and oxygen atoms in total. The third-order valence-corrected chi connectivity index (χ3v) is 3.29. The van der Waals surface area contributed by atoms with E-state index in [2.05, 4.69) is 21.1 Å². The second-order valence-corrected chi connectivity index (χ2v) is 4.60. The van der Waals surface area contributed by atoms with Crippen molar-refractivity contribution in [2.45, 2.75) is 6.54 Å². The molecule has 0 bridgehead atoms. The van der Waals surface area contributed by atoms with E-state index in [-0.39, 0.29) is 11.7 Å². The highest BCUT2D eigenvalue weighted by Gasteiger charge is 2.08. The normalized spacial score (nSPS) is 11.8. The van der Waals surface area contributed by atoms with E-state index in [0.717, 1.165) is 5.56 Å². The van der Waals surface area contributed by atoms with Gasteiger partial charge in [0.1, 0.15) is 5.82 Å². The molecule has 0 atom stereocenters. The summed E-state index contributed by atoms with van der Waals surface area (Å²) in [5, 5.41) is 11.7. The first-order valence-corrected chi connectivity index (χ1v) is 5.98. The molecule has 1 aromatic heterocycles.